The standard InChI is InChI=1S/C13H18N3O3P/c17-13(14-12-4-2-1-3-5-12)15-6-7-16-9-11-19-20(16)18-10-8-15/h1-5H,6-11H2,(H,14,17). The van der Waals surface area contributed by atoms with Gasteiger partial charge in [0.1, 0.15) is 0 Å². The van der Waals surface area contributed by atoms with Crippen molar-refractivity contribution in [3.05, 3.63) is 30.3 Å². The van der Waals surface area contributed by atoms with E-state index in [4.69, 9.17) is 9.05 Å². The first-order valence-electron chi connectivity index (χ1n) is 6.75. The van der Waals surface area contributed by atoms with E-state index in [-0.39, 0.29) is 6.03 Å². The van der Waals surface area contributed by atoms with Crippen LogP contribution < -0.4 is 5.32 Å². The van der Waals surface area contributed by atoms with Gasteiger partial charge in [0.25, 0.3) is 8.53 Å². The molecule has 2 amide bonds. The second-order valence-electron chi connectivity index (χ2n) is 4.64. The van der Waals surface area contributed by atoms with Crippen LogP contribution in [0.3, 0.4) is 0 Å². The third-order valence-corrected chi connectivity index (χ3v) is 4.95. The van der Waals surface area contributed by atoms with Crippen LogP contribution >= 0.6 is 8.53 Å². The lowest BCUT2D eigenvalue weighted by Crippen LogP contribution is -2.42. The maximum absolute atomic E-state index is 12.2. The molecule has 0 aliphatic carbocycles. The zero-order chi connectivity index (χ0) is 13.8. The molecule has 0 aromatic heterocycles. The third kappa shape index (κ3) is 3.27. The molecule has 108 valence electrons. The molecule has 7 heteroatoms. The highest BCUT2D eigenvalue weighted by Crippen LogP contribution is 2.46. The van der Waals surface area contributed by atoms with Gasteiger partial charge in [-0.3, -0.25) is 0 Å². The van der Waals surface area contributed by atoms with Crippen molar-refractivity contribution in [3.63, 3.8) is 0 Å². The topological polar surface area (TPSA) is 54.0 Å². The van der Waals surface area contributed by atoms with Crippen molar-refractivity contribution >= 4 is 20.2 Å². The normalized spacial score (nSPS) is 23.8. The number of carbonyl (C=O) groups excluding carboxylic acids is 1. The number of rotatable bonds is 1. The molecule has 1 aromatic rings. The lowest BCUT2D eigenvalue weighted by molar-refractivity contribution is 0.174. The average molecular weight is 295 g/mol. The van der Waals surface area contributed by atoms with E-state index in [1.807, 2.05) is 30.3 Å². The van der Waals surface area contributed by atoms with Crippen molar-refractivity contribution in [1.29, 1.82) is 0 Å². The molecule has 1 atom stereocenters. The van der Waals surface area contributed by atoms with Crippen LogP contribution in [0.4, 0.5) is 10.5 Å². The Hall–Kier alpha value is -1.20. The molecule has 0 radical (unpaired) electrons. The molecule has 6 nitrogen and oxygen atoms in total. The van der Waals surface area contributed by atoms with Crippen molar-refractivity contribution in [2.24, 2.45) is 0 Å². The first kappa shape index (κ1) is 13.8. The van der Waals surface area contributed by atoms with Crippen molar-refractivity contribution in [1.82, 2.24) is 9.57 Å². The number of urea groups is 1. The minimum atomic E-state index is -0.875. The molecule has 2 saturated heterocycles. The van der Waals surface area contributed by atoms with Crippen molar-refractivity contribution in [2.45, 2.75) is 0 Å². The number of nitrogens with zero attached hydrogens (tertiary/aromatic N) is 2. The summed E-state index contributed by atoms with van der Waals surface area (Å²) in [5, 5.41) is 2.91. The second kappa shape index (κ2) is 6.50. The van der Waals surface area contributed by atoms with Gasteiger partial charge in [-0.2, -0.15) is 0 Å². The Labute approximate surface area is 119 Å². The van der Waals surface area contributed by atoms with Crippen molar-refractivity contribution in [2.75, 3.05) is 44.7 Å². The summed E-state index contributed by atoms with van der Waals surface area (Å²) in [5.41, 5.74) is 0.812. The van der Waals surface area contributed by atoms with Gasteiger partial charge in [-0.05, 0) is 12.1 Å². The Morgan fingerprint density at radius 1 is 1.05 bits per heavy atom. The number of hydrogen-bond acceptors (Lipinski definition) is 4. The number of anilines is 1. The molecule has 1 unspecified atom stereocenters. The van der Waals surface area contributed by atoms with Crippen LogP contribution in [0.15, 0.2) is 30.3 Å². The van der Waals surface area contributed by atoms with Gasteiger partial charge in [0.2, 0.25) is 0 Å². The summed E-state index contributed by atoms with van der Waals surface area (Å²) in [6.07, 6.45) is 0. The minimum Gasteiger partial charge on any atom is -0.321 e. The van der Waals surface area contributed by atoms with Gasteiger partial charge in [-0.1, -0.05) is 18.2 Å². The number of para-hydroxylation sites is 1. The monoisotopic (exact) mass is 295 g/mol. The second-order valence-corrected chi connectivity index (χ2v) is 6.20. The number of nitrogens with one attached hydrogen (secondary N) is 1. The van der Waals surface area contributed by atoms with E-state index >= 15 is 0 Å². The highest BCUT2D eigenvalue weighted by Gasteiger charge is 2.30. The fourth-order valence-electron chi connectivity index (χ4n) is 2.20. The summed E-state index contributed by atoms with van der Waals surface area (Å²) in [4.78, 5) is 14.0. The molecule has 1 aromatic carbocycles. The van der Waals surface area contributed by atoms with Gasteiger partial charge in [-0.15, -0.1) is 0 Å². The van der Waals surface area contributed by atoms with E-state index in [2.05, 4.69) is 9.99 Å². The van der Waals surface area contributed by atoms with Crippen LogP contribution in [0.25, 0.3) is 0 Å². The molecule has 2 fully saturated rings. The Bertz CT molecular complexity index is 459. The quantitative estimate of drug-likeness (QED) is 0.806. The van der Waals surface area contributed by atoms with E-state index in [1.165, 1.54) is 0 Å². The highest BCUT2D eigenvalue weighted by molar-refractivity contribution is 7.44. The molecule has 2 aliphatic heterocycles. The van der Waals surface area contributed by atoms with Crippen molar-refractivity contribution < 1.29 is 13.8 Å². The van der Waals surface area contributed by atoms with Gasteiger partial charge in [-0.25, -0.2) is 9.46 Å². The summed E-state index contributed by atoms with van der Waals surface area (Å²) in [6.45, 7) is 4.22. The molecular weight excluding hydrogens is 277 g/mol. The molecule has 3 rings (SSSR count). The van der Waals surface area contributed by atoms with E-state index in [0.717, 1.165) is 25.4 Å². The Morgan fingerprint density at radius 3 is 2.60 bits per heavy atom. The predicted octanol–water partition coefficient (Wildman–Crippen LogP) is 2.11. The third-order valence-electron chi connectivity index (χ3n) is 3.29. The molecule has 0 spiro atoms. The van der Waals surface area contributed by atoms with Crippen LogP contribution in [0, 0.1) is 0 Å². The summed E-state index contributed by atoms with van der Waals surface area (Å²) in [7, 11) is -0.875. The number of amides is 2. The first-order chi connectivity index (χ1) is 9.83. The fraction of sp³-hybridized carbons (Fsp3) is 0.462. The van der Waals surface area contributed by atoms with Gasteiger partial charge in [0.15, 0.2) is 0 Å². The smallest absolute Gasteiger partial charge is 0.321 e. The lowest BCUT2D eigenvalue weighted by atomic mass is 10.3. The Balaban J connectivity index is 1.57. The fourth-order valence-corrected chi connectivity index (χ4v) is 3.58. The largest absolute Gasteiger partial charge is 0.321 e. The molecular formula is C13H18N3O3P. The summed E-state index contributed by atoms with van der Waals surface area (Å²) >= 11 is 0. The van der Waals surface area contributed by atoms with Crippen molar-refractivity contribution in [3.8, 4) is 0 Å². The summed E-state index contributed by atoms with van der Waals surface area (Å²) in [5.74, 6) is 0. The van der Waals surface area contributed by atoms with E-state index < -0.39 is 8.53 Å². The highest BCUT2D eigenvalue weighted by atomic mass is 31.2. The number of carbonyl (C=O) groups is 1. The van der Waals surface area contributed by atoms with E-state index in [1.54, 1.807) is 4.90 Å². The maximum atomic E-state index is 12.2. The van der Waals surface area contributed by atoms with Crippen LogP contribution in [0.5, 0.6) is 0 Å². The van der Waals surface area contributed by atoms with Gasteiger partial charge in [0.05, 0.1) is 13.2 Å². The van der Waals surface area contributed by atoms with Crippen LogP contribution in [-0.2, 0) is 9.05 Å². The van der Waals surface area contributed by atoms with Crippen LogP contribution in [-0.4, -0.2) is 55.0 Å². The lowest BCUT2D eigenvalue weighted by Gasteiger charge is -2.30. The minimum absolute atomic E-state index is 0.0776. The Morgan fingerprint density at radius 2 is 1.80 bits per heavy atom. The predicted molar refractivity (Wildman–Crippen MR) is 77.4 cm³/mol. The Kier molecular flexibility index (Phi) is 4.47. The molecule has 0 saturated carbocycles. The molecule has 1 N–H and O–H groups in total. The number of fused-ring (bicyclic) bond motifs is 1. The zero-order valence-corrected chi connectivity index (χ0v) is 12.1. The molecule has 2 aliphatic rings. The number of benzene rings is 1. The van der Waals surface area contributed by atoms with E-state index in [0.29, 0.717) is 19.7 Å². The summed E-state index contributed by atoms with van der Waals surface area (Å²) < 4.78 is 13.4. The van der Waals surface area contributed by atoms with Gasteiger partial charge < -0.3 is 19.3 Å². The van der Waals surface area contributed by atoms with Gasteiger partial charge in [0, 0.05) is 31.9 Å². The molecule has 2 heterocycles. The summed E-state index contributed by atoms with van der Waals surface area (Å²) in [6, 6.07) is 9.42. The first-order valence-corrected chi connectivity index (χ1v) is 7.88. The van der Waals surface area contributed by atoms with Crippen LogP contribution in [0.2, 0.25) is 0 Å². The maximum Gasteiger partial charge on any atom is 0.321 e. The average Bonchev–Trinajstić information content (AvgIpc) is 2.86. The number of hydrogen-bond donors (Lipinski definition) is 1. The van der Waals surface area contributed by atoms with Gasteiger partial charge >= 0.3 is 6.03 Å². The molecule has 0 bridgehead atoms. The zero-order valence-electron chi connectivity index (χ0n) is 11.2. The SMILES string of the molecule is O=C(Nc1ccccc1)N1CCOP2OCCN2CC1. The molecule has 20 heavy (non-hydrogen) atoms. The van der Waals surface area contributed by atoms with E-state index in [9.17, 15) is 4.79 Å². The van der Waals surface area contributed by atoms with Crippen LogP contribution in [0.1, 0.15) is 0 Å².